The van der Waals surface area contributed by atoms with E-state index in [0.29, 0.717) is 11.1 Å². The first-order valence-corrected chi connectivity index (χ1v) is 25.2. The number of nitrogens with one attached hydrogen (secondary N) is 7. The van der Waals surface area contributed by atoms with Gasteiger partial charge in [0.05, 0.1) is 12.5 Å². The van der Waals surface area contributed by atoms with Gasteiger partial charge in [-0.15, -0.1) is 0 Å². The van der Waals surface area contributed by atoms with Crippen LogP contribution in [0, 0.1) is 11.8 Å². The highest BCUT2D eigenvalue weighted by atomic mass is 16.4. The second-order valence-electron chi connectivity index (χ2n) is 18.8. The van der Waals surface area contributed by atoms with Crippen molar-refractivity contribution in [1.82, 2.24) is 36.9 Å². The number of amides is 7. The number of hydrogen-bond acceptors (Lipinski definition) is 12. The summed E-state index contributed by atoms with van der Waals surface area (Å²) in [5.41, 5.74) is 29.9. The number of aromatic amines is 1. The molecule has 412 valence electrons. The lowest BCUT2D eigenvalue weighted by atomic mass is 9.83. The minimum absolute atomic E-state index is 0.0105. The molecule has 0 radical (unpaired) electrons. The lowest BCUT2D eigenvalue weighted by molar-refractivity contribution is -0.138. The number of rotatable bonds is 19. The fourth-order valence-corrected chi connectivity index (χ4v) is 8.75. The van der Waals surface area contributed by atoms with Crippen LogP contribution in [-0.4, -0.2) is 131 Å². The average molecular weight is 1060 g/mol. The summed E-state index contributed by atoms with van der Waals surface area (Å²) in [5, 5.41) is 26.0. The van der Waals surface area contributed by atoms with E-state index in [1.54, 1.807) is 36.5 Å². The number of Topliss-reactive ketones (excluding diaryl/α,β-unsaturated/α-hetero) is 2. The van der Waals surface area contributed by atoms with Crippen molar-refractivity contribution in [3.63, 3.8) is 0 Å². The zero-order chi connectivity index (χ0) is 55.7. The molecule has 7 atom stereocenters. The van der Waals surface area contributed by atoms with Gasteiger partial charge in [-0.1, -0.05) is 48.5 Å². The average Bonchev–Trinajstić information content (AvgIpc) is 3.77. The minimum atomic E-state index is -1.72. The summed E-state index contributed by atoms with van der Waals surface area (Å²) < 4.78 is 0. The smallest absolute Gasteiger partial charge is 0.303 e. The Labute approximate surface area is 439 Å². The predicted molar refractivity (Wildman–Crippen MR) is 281 cm³/mol. The van der Waals surface area contributed by atoms with Crippen molar-refractivity contribution >= 4 is 81.7 Å². The molecule has 1 aliphatic heterocycles. The van der Waals surface area contributed by atoms with E-state index in [1.165, 1.54) is 6.92 Å². The van der Waals surface area contributed by atoms with Gasteiger partial charge in [-0.2, -0.15) is 0 Å². The molecule has 0 unspecified atom stereocenters. The molecule has 0 saturated carbocycles. The van der Waals surface area contributed by atoms with E-state index in [0.717, 1.165) is 10.9 Å². The van der Waals surface area contributed by atoms with Crippen LogP contribution in [0.4, 0.5) is 0 Å². The molecule has 18 N–H and O–H groups in total. The number of ketones is 2. The molecule has 1 aliphatic rings. The number of benzene rings is 2. The van der Waals surface area contributed by atoms with Crippen molar-refractivity contribution in [2.24, 2.45) is 50.5 Å². The molecule has 7 amide bonds. The summed E-state index contributed by atoms with van der Waals surface area (Å²) in [5.74, 6) is -10.8. The number of nitrogens with zero attached hydrogens (tertiary/aromatic N) is 2. The number of carbonyl (C=O) groups is 10. The van der Waals surface area contributed by atoms with Crippen LogP contribution in [0.15, 0.2) is 70.8 Å². The number of aliphatic imine (C=N–C) groups is 2. The summed E-state index contributed by atoms with van der Waals surface area (Å²) in [6.07, 6.45) is -0.0771. The lowest BCUT2D eigenvalue weighted by Crippen LogP contribution is -2.58. The topological polar surface area (TPSA) is 434 Å². The molecular formula is C51H72N14O11. The van der Waals surface area contributed by atoms with Gasteiger partial charge < -0.3 is 70.7 Å². The number of nitrogens with two attached hydrogens (primary N) is 5. The van der Waals surface area contributed by atoms with Crippen LogP contribution in [-0.2, 0) is 60.8 Å². The van der Waals surface area contributed by atoms with Crippen molar-refractivity contribution in [3.8, 4) is 0 Å². The number of para-hydroxylation sites is 1. The molecule has 76 heavy (non-hydrogen) atoms. The zero-order valence-electron chi connectivity index (χ0n) is 42.6. The molecule has 4 rings (SSSR count). The molecule has 3 aromatic rings. The quantitative estimate of drug-likeness (QED) is 0.0377. The van der Waals surface area contributed by atoms with E-state index < -0.39 is 127 Å². The van der Waals surface area contributed by atoms with E-state index in [9.17, 15) is 53.1 Å². The van der Waals surface area contributed by atoms with Gasteiger partial charge in [0.2, 0.25) is 41.4 Å². The Balaban J connectivity index is 1.79. The van der Waals surface area contributed by atoms with E-state index in [2.05, 4.69) is 46.9 Å². The van der Waals surface area contributed by atoms with Gasteiger partial charge in [-0.25, -0.2) is 0 Å². The summed E-state index contributed by atoms with van der Waals surface area (Å²) in [6.45, 7) is 1.33. The first-order chi connectivity index (χ1) is 36.2. The number of primary amides is 1. The Morgan fingerprint density at radius 2 is 1.38 bits per heavy atom. The van der Waals surface area contributed by atoms with Gasteiger partial charge in [0.15, 0.2) is 17.7 Å². The summed E-state index contributed by atoms with van der Waals surface area (Å²) >= 11 is 0. The molecule has 2 aromatic carbocycles. The van der Waals surface area contributed by atoms with Crippen LogP contribution >= 0.6 is 0 Å². The summed E-state index contributed by atoms with van der Waals surface area (Å²) in [7, 11) is 0. The third-order valence-corrected chi connectivity index (χ3v) is 12.7. The SMILES string of the molecule is CC(=O)N[C@@H](CCCN=C(N)N)C(=O)N[C@H]1CC(=O)NCCCC[C@@H](C(N)=O)NC(=O)[C@H](Cc2c[nH]c3ccccc23)CC(=O)[C@H](CCCN=C(N)N)CC(=O)[C@@H](Cc2ccccc2)NC(=O)[C@H](CCC(=O)O)NC1=O. The van der Waals surface area contributed by atoms with Crippen LogP contribution in [0.3, 0.4) is 0 Å². The van der Waals surface area contributed by atoms with Crippen molar-refractivity contribution in [1.29, 1.82) is 0 Å². The zero-order valence-corrected chi connectivity index (χ0v) is 42.6. The first kappa shape index (κ1) is 60.2. The van der Waals surface area contributed by atoms with Crippen molar-refractivity contribution in [2.75, 3.05) is 19.6 Å². The van der Waals surface area contributed by atoms with Crippen molar-refractivity contribution in [3.05, 3.63) is 71.9 Å². The highest BCUT2D eigenvalue weighted by Crippen LogP contribution is 2.26. The third kappa shape index (κ3) is 20.9. The normalized spacial score (nSPS) is 21.1. The molecule has 0 bridgehead atoms. The maximum absolute atomic E-state index is 14.7. The molecule has 25 nitrogen and oxygen atoms in total. The molecule has 1 saturated heterocycles. The molecular weight excluding hydrogens is 985 g/mol. The van der Waals surface area contributed by atoms with E-state index in [1.807, 2.05) is 24.3 Å². The highest BCUT2D eigenvalue weighted by molar-refractivity contribution is 5.99. The highest BCUT2D eigenvalue weighted by Gasteiger charge is 2.36. The summed E-state index contributed by atoms with van der Waals surface area (Å²) in [6, 6.07) is 8.71. The molecule has 0 spiro atoms. The Hall–Kier alpha value is -8.38. The van der Waals surface area contributed by atoms with Gasteiger partial charge in [-0.3, -0.25) is 57.9 Å². The molecule has 0 aliphatic carbocycles. The predicted octanol–water partition coefficient (Wildman–Crippen LogP) is -1.30. The van der Waals surface area contributed by atoms with Crippen LogP contribution in [0.5, 0.6) is 0 Å². The number of fused-ring (bicyclic) bond motifs is 1. The molecule has 2 heterocycles. The van der Waals surface area contributed by atoms with E-state index in [-0.39, 0.29) is 95.8 Å². The number of carboxylic acid groups (broad SMARTS) is 1. The standard InChI is InChI=1S/C51H72N14O11/c1-29(66)61-37(17-10-22-59-51(55)56)47(74)65-40-27-43(69)57-20-8-7-16-36(45(52)72)62-46(73)32(24-33-28-60-35-15-6-5-14-34(33)35)26-41(67)31(13-9-21-58-50(53)54)25-42(68)39(23-30-11-3-2-4-12-30)64-48(75)38(63-49(40)76)18-19-44(70)71/h2-6,11-12,14-15,28,31-32,36-40,60H,7-10,13,16-27H2,1H3,(H2,52,72)(H,57,69)(H,61,66)(H,62,73)(H,63,76)(H,64,75)(H,65,74)(H,70,71)(H4,53,54,58)(H4,55,56,59)/t31-,32-,36+,37+,38+,39-,40+/m1/s1. The molecule has 1 aromatic heterocycles. The fourth-order valence-electron chi connectivity index (χ4n) is 8.75. The Kier molecular flexibility index (Phi) is 24.3. The number of carbonyl (C=O) groups excluding carboxylic acids is 9. The number of carboxylic acids is 1. The van der Waals surface area contributed by atoms with Crippen LogP contribution in [0.2, 0.25) is 0 Å². The number of H-pyrrole nitrogens is 1. The van der Waals surface area contributed by atoms with Gasteiger partial charge in [-0.05, 0) is 81.4 Å². The maximum Gasteiger partial charge on any atom is 0.303 e. The second kappa shape index (κ2) is 30.7. The van der Waals surface area contributed by atoms with Crippen LogP contribution < -0.4 is 60.6 Å². The number of guanidine groups is 2. The molecule has 1 fully saturated rings. The first-order valence-electron chi connectivity index (χ1n) is 25.2. The third-order valence-electron chi connectivity index (χ3n) is 12.7. The number of aromatic nitrogens is 1. The van der Waals surface area contributed by atoms with Gasteiger partial charge in [0.1, 0.15) is 30.0 Å². The number of aliphatic carboxylic acids is 1. The minimum Gasteiger partial charge on any atom is -0.481 e. The Morgan fingerprint density at radius 1 is 0.724 bits per heavy atom. The molecule has 25 heteroatoms. The van der Waals surface area contributed by atoms with E-state index in [4.69, 9.17) is 28.7 Å². The Morgan fingerprint density at radius 3 is 2.05 bits per heavy atom. The Bertz CT molecular complexity index is 2580. The fraction of sp³-hybridized carbons (Fsp3) is 0.490. The van der Waals surface area contributed by atoms with Gasteiger partial charge in [0.25, 0.3) is 0 Å². The van der Waals surface area contributed by atoms with Crippen molar-refractivity contribution < 1.29 is 53.1 Å². The van der Waals surface area contributed by atoms with Gasteiger partial charge >= 0.3 is 5.97 Å². The maximum atomic E-state index is 14.7. The van der Waals surface area contributed by atoms with Crippen LogP contribution in [0.1, 0.15) is 95.1 Å². The lowest BCUT2D eigenvalue weighted by Gasteiger charge is -2.27. The van der Waals surface area contributed by atoms with Crippen molar-refractivity contribution in [2.45, 2.75) is 127 Å². The summed E-state index contributed by atoms with van der Waals surface area (Å²) in [4.78, 5) is 148. The van der Waals surface area contributed by atoms with Crippen LogP contribution in [0.25, 0.3) is 10.9 Å². The second-order valence-corrected chi connectivity index (χ2v) is 18.8. The monoisotopic (exact) mass is 1060 g/mol. The largest absolute Gasteiger partial charge is 0.481 e. The number of hydrogen-bond donors (Lipinski definition) is 13. The van der Waals surface area contributed by atoms with E-state index >= 15 is 0 Å². The van der Waals surface area contributed by atoms with Gasteiger partial charge in [0, 0.05) is 74.8 Å².